The van der Waals surface area contributed by atoms with E-state index in [9.17, 15) is 14.4 Å². The van der Waals surface area contributed by atoms with Crippen LogP contribution >= 0.6 is 0 Å². The second kappa shape index (κ2) is 9.60. The molecular formula is C23H26N6O4. The Balaban J connectivity index is 1.57. The van der Waals surface area contributed by atoms with Crippen LogP contribution in [0, 0.1) is 0 Å². The fourth-order valence-corrected chi connectivity index (χ4v) is 3.71. The van der Waals surface area contributed by atoms with Crippen molar-refractivity contribution in [3.63, 3.8) is 0 Å². The summed E-state index contributed by atoms with van der Waals surface area (Å²) in [5.41, 5.74) is 2.86. The van der Waals surface area contributed by atoms with Crippen LogP contribution < -0.4 is 16.6 Å². The third kappa shape index (κ3) is 4.59. The summed E-state index contributed by atoms with van der Waals surface area (Å²) >= 11 is 0. The largest absolute Gasteiger partial charge is 0.444 e. The number of aromatic nitrogens is 5. The third-order valence-electron chi connectivity index (χ3n) is 5.28. The van der Waals surface area contributed by atoms with Gasteiger partial charge in [0.2, 0.25) is 0 Å². The molecule has 0 spiro atoms. The van der Waals surface area contributed by atoms with Gasteiger partial charge >= 0.3 is 11.8 Å². The SMILES string of the molecule is CCCn1c(=O)c2[nH]c(-c3ccc(COC(=O)Nc4ccn[nH]4)cc3)cc2n(CCC)c1=O. The lowest BCUT2D eigenvalue weighted by molar-refractivity contribution is 0.155. The Morgan fingerprint density at radius 1 is 1.06 bits per heavy atom. The van der Waals surface area contributed by atoms with Crippen LogP contribution in [0.25, 0.3) is 22.3 Å². The molecule has 3 N–H and O–H groups in total. The maximum Gasteiger partial charge on any atom is 0.413 e. The first-order valence-corrected chi connectivity index (χ1v) is 10.9. The maximum atomic E-state index is 12.9. The molecule has 0 saturated carbocycles. The number of aromatic amines is 2. The van der Waals surface area contributed by atoms with Crippen LogP contribution in [-0.4, -0.2) is 30.4 Å². The number of anilines is 1. The number of benzene rings is 1. The highest BCUT2D eigenvalue weighted by atomic mass is 16.5. The molecule has 172 valence electrons. The van der Waals surface area contributed by atoms with E-state index in [4.69, 9.17) is 4.74 Å². The lowest BCUT2D eigenvalue weighted by Crippen LogP contribution is -2.39. The Kier molecular flexibility index (Phi) is 6.43. The van der Waals surface area contributed by atoms with E-state index in [1.165, 1.54) is 10.8 Å². The van der Waals surface area contributed by atoms with E-state index in [-0.39, 0.29) is 17.9 Å². The molecule has 0 radical (unpaired) electrons. The van der Waals surface area contributed by atoms with Gasteiger partial charge in [0.15, 0.2) is 0 Å². The second-order valence-corrected chi connectivity index (χ2v) is 7.70. The van der Waals surface area contributed by atoms with Crippen LogP contribution in [0.1, 0.15) is 32.3 Å². The Morgan fingerprint density at radius 2 is 1.79 bits per heavy atom. The summed E-state index contributed by atoms with van der Waals surface area (Å²) in [6, 6.07) is 10.9. The molecule has 1 amide bonds. The molecule has 0 fully saturated rings. The molecule has 0 unspecified atom stereocenters. The Morgan fingerprint density at radius 3 is 2.45 bits per heavy atom. The van der Waals surface area contributed by atoms with Crippen LogP contribution in [0.5, 0.6) is 0 Å². The van der Waals surface area contributed by atoms with Crippen molar-refractivity contribution in [2.75, 3.05) is 5.32 Å². The maximum absolute atomic E-state index is 12.9. The fourth-order valence-electron chi connectivity index (χ4n) is 3.71. The number of ether oxygens (including phenoxy) is 1. The number of nitrogens with one attached hydrogen (secondary N) is 3. The molecule has 4 rings (SSSR count). The Labute approximate surface area is 189 Å². The van der Waals surface area contributed by atoms with Gasteiger partial charge in [-0.15, -0.1) is 0 Å². The highest BCUT2D eigenvalue weighted by molar-refractivity contribution is 5.83. The summed E-state index contributed by atoms with van der Waals surface area (Å²) in [5.74, 6) is 0.453. The molecule has 10 heteroatoms. The average molecular weight is 450 g/mol. The second-order valence-electron chi connectivity index (χ2n) is 7.70. The number of amides is 1. The Hall–Kier alpha value is -4.08. The number of hydrogen-bond acceptors (Lipinski definition) is 5. The minimum atomic E-state index is -0.587. The number of aryl methyl sites for hydroxylation is 1. The van der Waals surface area contributed by atoms with E-state index in [1.807, 2.05) is 44.2 Å². The summed E-state index contributed by atoms with van der Waals surface area (Å²) in [6.07, 6.45) is 2.42. The zero-order chi connectivity index (χ0) is 23.4. The first-order chi connectivity index (χ1) is 16.0. The number of fused-ring (bicyclic) bond motifs is 1. The summed E-state index contributed by atoms with van der Waals surface area (Å²) < 4.78 is 8.17. The van der Waals surface area contributed by atoms with Gasteiger partial charge in [-0.05, 0) is 30.0 Å². The van der Waals surface area contributed by atoms with Crippen LogP contribution in [-0.2, 0) is 24.4 Å². The number of carbonyl (C=O) groups is 1. The van der Waals surface area contributed by atoms with E-state index in [0.29, 0.717) is 36.4 Å². The van der Waals surface area contributed by atoms with Gasteiger partial charge in [-0.25, -0.2) is 9.59 Å². The van der Waals surface area contributed by atoms with Crippen molar-refractivity contribution in [1.82, 2.24) is 24.3 Å². The predicted molar refractivity (Wildman–Crippen MR) is 125 cm³/mol. The monoisotopic (exact) mass is 450 g/mol. The highest BCUT2D eigenvalue weighted by Crippen LogP contribution is 2.23. The van der Waals surface area contributed by atoms with Gasteiger partial charge in [0, 0.05) is 24.8 Å². The normalized spacial score (nSPS) is 11.1. The summed E-state index contributed by atoms with van der Waals surface area (Å²) in [6.45, 7) is 4.95. The number of hydrogen-bond donors (Lipinski definition) is 3. The molecule has 0 aliphatic carbocycles. The smallest absolute Gasteiger partial charge is 0.413 e. The molecule has 10 nitrogen and oxygen atoms in total. The molecule has 0 bridgehead atoms. The quantitative estimate of drug-likeness (QED) is 0.379. The summed E-state index contributed by atoms with van der Waals surface area (Å²) in [7, 11) is 0. The summed E-state index contributed by atoms with van der Waals surface area (Å²) in [4.78, 5) is 40.8. The zero-order valence-electron chi connectivity index (χ0n) is 18.6. The van der Waals surface area contributed by atoms with E-state index in [1.54, 1.807) is 10.6 Å². The van der Waals surface area contributed by atoms with Gasteiger partial charge in [-0.2, -0.15) is 5.10 Å². The average Bonchev–Trinajstić information content (AvgIpc) is 3.49. The van der Waals surface area contributed by atoms with Crippen molar-refractivity contribution >= 4 is 22.9 Å². The molecule has 1 aromatic carbocycles. The van der Waals surface area contributed by atoms with Crippen LogP contribution in [0.2, 0.25) is 0 Å². The Bertz CT molecular complexity index is 1360. The molecule has 0 atom stereocenters. The standard InChI is InChI=1S/C23H26N6O4/c1-3-11-28-18-13-17(25-20(18)21(30)29(12-4-2)23(28)32)16-7-5-15(6-8-16)14-33-22(31)26-19-9-10-24-27-19/h5-10,13,25H,3-4,11-12,14H2,1-2H3,(H2,24,26,27,31). The van der Waals surface area contributed by atoms with Gasteiger partial charge in [-0.3, -0.25) is 24.3 Å². The number of H-pyrrole nitrogens is 2. The van der Waals surface area contributed by atoms with Crippen LogP contribution in [0.3, 0.4) is 0 Å². The van der Waals surface area contributed by atoms with Crippen LogP contribution in [0.4, 0.5) is 10.6 Å². The fraction of sp³-hybridized carbons (Fsp3) is 0.304. The van der Waals surface area contributed by atoms with Gasteiger partial charge in [0.1, 0.15) is 17.9 Å². The number of carbonyl (C=O) groups excluding carboxylic acids is 1. The van der Waals surface area contributed by atoms with Crippen molar-refractivity contribution in [3.05, 3.63) is 69.0 Å². The minimum Gasteiger partial charge on any atom is -0.444 e. The van der Waals surface area contributed by atoms with Gasteiger partial charge < -0.3 is 9.72 Å². The topological polar surface area (TPSA) is 127 Å². The lowest BCUT2D eigenvalue weighted by Gasteiger charge is -2.10. The first kappa shape index (κ1) is 22.1. The third-order valence-corrected chi connectivity index (χ3v) is 5.28. The van der Waals surface area contributed by atoms with Crippen molar-refractivity contribution in [2.24, 2.45) is 0 Å². The zero-order valence-corrected chi connectivity index (χ0v) is 18.6. The van der Waals surface area contributed by atoms with Crippen molar-refractivity contribution in [2.45, 2.75) is 46.4 Å². The molecular weight excluding hydrogens is 424 g/mol. The molecule has 33 heavy (non-hydrogen) atoms. The lowest BCUT2D eigenvalue weighted by atomic mass is 10.1. The van der Waals surface area contributed by atoms with Gasteiger partial charge in [0.05, 0.1) is 11.7 Å². The predicted octanol–water partition coefficient (Wildman–Crippen LogP) is 3.45. The minimum absolute atomic E-state index is 0.102. The molecule has 0 saturated heterocycles. The molecule has 0 aliphatic rings. The molecule has 0 aliphatic heterocycles. The number of nitrogens with zero attached hydrogens (tertiary/aromatic N) is 3. The van der Waals surface area contributed by atoms with Gasteiger partial charge in [0.25, 0.3) is 5.56 Å². The van der Waals surface area contributed by atoms with E-state index in [0.717, 1.165) is 23.2 Å². The molecule has 3 aromatic heterocycles. The highest BCUT2D eigenvalue weighted by Gasteiger charge is 2.16. The molecule has 3 heterocycles. The van der Waals surface area contributed by atoms with E-state index in [2.05, 4.69) is 20.5 Å². The van der Waals surface area contributed by atoms with Crippen molar-refractivity contribution < 1.29 is 9.53 Å². The number of rotatable bonds is 8. The molecule has 4 aromatic rings. The van der Waals surface area contributed by atoms with Crippen molar-refractivity contribution in [1.29, 1.82) is 0 Å². The van der Waals surface area contributed by atoms with Crippen molar-refractivity contribution in [3.8, 4) is 11.3 Å². The van der Waals surface area contributed by atoms with E-state index < -0.39 is 6.09 Å². The first-order valence-electron chi connectivity index (χ1n) is 10.9. The van der Waals surface area contributed by atoms with Gasteiger partial charge in [-0.1, -0.05) is 38.1 Å². The summed E-state index contributed by atoms with van der Waals surface area (Å²) in [5, 5.41) is 8.91. The van der Waals surface area contributed by atoms with Crippen LogP contribution in [0.15, 0.2) is 52.2 Å². The van der Waals surface area contributed by atoms with E-state index >= 15 is 0 Å².